The number of ether oxygens (including phenoxy) is 2. The lowest BCUT2D eigenvalue weighted by molar-refractivity contribution is -0.0652. The topological polar surface area (TPSA) is 18.5 Å². The molecule has 2 nitrogen and oxygen atoms in total. The molecule has 1 radical (unpaired) electrons. The molecule has 0 aliphatic carbocycles. The molecule has 0 amide bonds. The Bertz CT molecular complexity index is 261. The number of benzene rings is 1. The fourth-order valence-electron chi connectivity index (χ4n) is 1.36. The van der Waals surface area contributed by atoms with E-state index in [1.807, 2.05) is 38.1 Å². The minimum absolute atomic E-state index is 0.175. The van der Waals surface area contributed by atoms with Crippen molar-refractivity contribution in [3.8, 4) is 0 Å². The minimum Gasteiger partial charge on any atom is -0.343 e. The van der Waals surface area contributed by atoms with Crippen LogP contribution in [0.15, 0.2) is 24.3 Å². The second kappa shape index (κ2) is 3.48. The first kappa shape index (κ1) is 8.73. The summed E-state index contributed by atoms with van der Waals surface area (Å²) < 4.78 is 11.2. The smallest absolute Gasteiger partial charge is 0.184 e. The molecular formula is C11H13O2. The summed E-state index contributed by atoms with van der Waals surface area (Å²) >= 11 is 0. The molecule has 13 heavy (non-hydrogen) atoms. The molecule has 1 aliphatic heterocycles. The maximum absolute atomic E-state index is 5.62. The second-order valence-electron chi connectivity index (χ2n) is 3.35. The lowest BCUT2D eigenvalue weighted by Crippen LogP contribution is -2.13. The maximum Gasteiger partial charge on any atom is 0.184 e. The Morgan fingerprint density at radius 3 is 2.15 bits per heavy atom. The van der Waals surface area contributed by atoms with Crippen molar-refractivity contribution in [3.63, 3.8) is 0 Å². The molecule has 1 aromatic rings. The zero-order valence-corrected chi connectivity index (χ0v) is 7.86. The summed E-state index contributed by atoms with van der Waals surface area (Å²) in [5, 5.41) is 0. The van der Waals surface area contributed by atoms with Gasteiger partial charge >= 0.3 is 0 Å². The Hall–Kier alpha value is -0.860. The largest absolute Gasteiger partial charge is 0.343 e. The molecule has 1 saturated heterocycles. The van der Waals surface area contributed by atoms with Crippen LogP contribution in [0.3, 0.4) is 0 Å². The van der Waals surface area contributed by atoms with Crippen LogP contribution in [0.25, 0.3) is 0 Å². The van der Waals surface area contributed by atoms with Crippen molar-refractivity contribution in [2.24, 2.45) is 0 Å². The molecule has 0 saturated carbocycles. The van der Waals surface area contributed by atoms with Gasteiger partial charge in [0.25, 0.3) is 0 Å². The molecule has 0 aromatic heterocycles. The number of hydrogen-bond donors (Lipinski definition) is 0. The van der Waals surface area contributed by atoms with Gasteiger partial charge in [-0.2, -0.15) is 0 Å². The zero-order chi connectivity index (χ0) is 9.26. The first-order valence-corrected chi connectivity index (χ1v) is 4.54. The Labute approximate surface area is 78.5 Å². The van der Waals surface area contributed by atoms with Crippen LogP contribution in [0.4, 0.5) is 0 Å². The normalized spacial score (nSPS) is 33.5. The quantitative estimate of drug-likeness (QED) is 0.655. The van der Waals surface area contributed by atoms with Crippen LogP contribution in [-0.4, -0.2) is 12.2 Å². The van der Waals surface area contributed by atoms with Gasteiger partial charge < -0.3 is 9.47 Å². The van der Waals surface area contributed by atoms with Crippen molar-refractivity contribution in [1.29, 1.82) is 0 Å². The third-order valence-corrected chi connectivity index (χ3v) is 2.35. The van der Waals surface area contributed by atoms with E-state index in [0.717, 1.165) is 5.56 Å². The average molecular weight is 177 g/mol. The Morgan fingerprint density at radius 2 is 1.62 bits per heavy atom. The monoisotopic (exact) mass is 177 g/mol. The summed E-state index contributed by atoms with van der Waals surface area (Å²) in [4.78, 5) is 0. The highest BCUT2D eigenvalue weighted by Crippen LogP contribution is 2.30. The van der Waals surface area contributed by atoms with E-state index in [2.05, 4.69) is 6.07 Å². The fourth-order valence-corrected chi connectivity index (χ4v) is 1.36. The van der Waals surface area contributed by atoms with Crippen molar-refractivity contribution < 1.29 is 9.47 Å². The molecule has 1 fully saturated rings. The van der Waals surface area contributed by atoms with E-state index in [1.165, 1.54) is 0 Å². The van der Waals surface area contributed by atoms with Gasteiger partial charge in [-0.3, -0.25) is 0 Å². The molecule has 2 rings (SSSR count). The molecule has 0 spiro atoms. The van der Waals surface area contributed by atoms with Gasteiger partial charge in [0.05, 0.1) is 12.2 Å². The van der Waals surface area contributed by atoms with Gasteiger partial charge in [-0.1, -0.05) is 24.3 Å². The third kappa shape index (κ3) is 1.74. The van der Waals surface area contributed by atoms with Gasteiger partial charge in [-0.15, -0.1) is 0 Å². The fraction of sp³-hybridized carbons (Fsp3) is 0.455. The SMILES string of the molecule is CC1OC(c2cc[c]cc2)OC1C. The van der Waals surface area contributed by atoms with E-state index in [0.29, 0.717) is 0 Å². The number of hydrogen-bond acceptors (Lipinski definition) is 2. The molecule has 2 heteroatoms. The van der Waals surface area contributed by atoms with Crippen LogP contribution in [0, 0.1) is 6.07 Å². The van der Waals surface area contributed by atoms with E-state index in [9.17, 15) is 0 Å². The predicted molar refractivity (Wildman–Crippen MR) is 49.1 cm³/mol. The standard InChI is InChI=1S/C11H13O2/c1-8-9(2)13-11(12-8)10-6-4-3-5-7-10/h4-9,11H,1-2H3. The molecule has 0 N–H and O–H groups in total. The molecule has 1 aromatic carbocycles. The van der Waals surface area contributed by atoms with Crippen molar-refractivity contribution >= 4 is 0 Å². The van der Waals surface area contributed by atoms with Crippen molar-refractivity contribution in [1.82, 2.24) is 0 Å². The van der Waals surface area contributed by atoms with Crippen molar-refractivity contribution in [2.45, 2.75) is 32.3 Å². The van der Waals surface area contributed by atoms with Crippen LogP contribution in [-0.2, 0) is 9.47 Å². The molecular weight excluding hydrogens is 164 g/mol. The lowest BCUT2D eigenvalue weighted by Gasteiger charge is -2.08. The first-order valence-electron chi connectivity index (χ1n) is 4.54. The summed E-state index contributed by atoms with van der Waals surface area (Å²) in [7, 11) is 0. The Morgan fingerprint density at radius 1 is 1.08 bits per heavy atom. The molecule has 0 bridgehead atoms. The predicted octanol–water partition coefficient (Wildman–Crippen LogP) is 2.31. The average Bonchev–Trinajstić information content (AvgIpc) is 2.49. The summed E-state index contributed by atoms with van der Waals surface area (Å²) in [6, 6.07) is 10.6. The van der Waals surface area contributed by atoms with Crippen molar-refractivity contribution in [3.05, 3.63) is 35.9 Å². The van der Waals surface area contributed by atoms with Crippen LogP contribution < -0.4 is 0 Å². The maximum atomic E-state index is 5.62. The van der Waals surface area contributed by atoms with Gasteiger partial charge in [0.15, 0.2) is 6.29 Å². The summed E-state index contributed by atoms with van der Waals surface area (Å²) in [5.74, 6) is 0. The molecule has 2 unspecified atom stereocenters. The van der Waals surface area contributed by atoms with Crippen LogP contribution in [0.5, 0.6) is 0 Å². The van der Waals surface area contributed by atoms with E-state index in [4.69, 9.17) is 9.47 Å². The zero-order valence-electron chi connectivity index (χ0n) is 7.86. The molecule has 1 aliphatic rings. The Balaban J connectivity index is 2.12. The van der Waals surface area contributed by atoms with E-state index >= 15 is 0 Å². The summed E-state index contributed by atoms with van der Waals surface area (Å²) in [5.41, 5.74) is 1.06. The third-order valence-electron chi connectivity index (χ3n) is 2.35. The first-order chi connectivity index (χ1) is 6.27. The van der Waals surface area contributed by atoms with Gasteiger partial charge in [0.2, 0.25) is 0 Å². The van der Waals surface area contributed by atoms with Crippen LogP contribution in [0.1, 0.15) is 25.7 Å². The van der Waals surface area contributed by atoms with Crippen LogP contribution >= 0.6 is 0 Å². The highest BCUT2D eigenvalue weighted by atomic mass is 16.7. The molecule has 69 valence electrons. The van der Waals surface area contributed by atoms with Gasteiger partial charge in [-0.05, 0) is 19.9 Å². The number of rotatable bonds is 1. The highest BCUT2D eigenvalue weighted by Gasteiger charge is 2.30. The molecule has 1 heterocycles. The highest BCUT2D eigenvalue weighted by molar-refractivity contribution is 5.15. The lowest BCUT2D eigenvalue weighted by atomic mass is 10.2. The summed E-state index contributed by atoms with van der Waals surface area (Å²) in [6.07, 6.45) is 0.156. The van der Waals surface area contributed by atoms with E-state index in [-0.39, 0.29) is 18.5 Å². The van der Waals surface area contributed by atoms with Gasteiger partial charge in [0.1, 0.15) is 0 Å². The van der Waals surface area contributed by atoms with E-state index in [1.54, 1.807) is 0 Å². The molecule has 2 atom stereocenters. The minimum atomic E-state index is -0.195. The van der Waals surface area contributed by atoms with Gasteiger partial charge in [0, 0.05) is 5.56 Å². The van der Waals surface area contributed by atoms with Crippen molar-refractivity contribution in [2.75, 3.05) is 0 Å². The van der Waals surface area contributed by atoms with Gasteiger partial charge in [-0.25, -0.2) is 0 Å². The van der Waals surface area contributed by atoms with E-state index < -0.39 is 0 Å². The Kier molecular flexibility index (Phi) is 2.34. The second-order valence-corrected chi connectivity index (χ2v) is 3.35. The van der Waals surface area contributed by atoms with Crippen LogP contribution in [0.2, 0.25) is 0 Å². The summed E-state index contributed by atoms with van der Waals surface area (Å²) in [6.45, 7) is 4.06.